The molecule has 1 aromatic rings. The fourth-order valence-corrected chi connectivity index (χ4v) is 0.986. The second kappa shape index (κ2) is 5.55. The second-order valence-corrected chi connectivity index (χ2v) is 2.67. The first-order valence-corrected chi connectivity index (χ1v) is 3.58. The maximum absolute atomic E-state index is 5.62. The average molecular weight is 263 g/mol. The Morgan fingerprint density at radius 3 is 2.27 bits per heavy atom. The van der Waals surface area contributed by atoms with Crippen LogP contribution in [0.3, 0.4) is 0 Å². The van der Waals surface area contributed by atoms with E-state index in [4.69, 9.17) is 5.73 Å². The molecule has 0 radical (unpaired) electrons. The van der Waals surface area contributed by atoms with Gasteiger partial charge in [0.2, 0.25) is 0 Å². The molecule has 0 aromatic heterocycles. The Bertz CT molecular complexity index is 184. The van der Waals surface area contributed by atoms with E-state index in [1.165, 1.54) is 5.56 Å². The Morgan fingerprint density at radius 2 is 1.82 bits per heavy atom. The van der Waals surface area contributed by atoms with Gasteiger partial charge in [0.05, 0.1) is 0 Å². The van der Waals surface area contributed by atoms with Crippen LogP contribution in [0.5, 0.6) is 0 Å². The predicted octanol–water partition coefficient (Wildman–Crippen LogP) is 2.19. The van der Waals surface area contributed by atoms with Crippen LogP contribution in [0.1, 0.15) is 12.5 Å². The number of halogens is 1. The van der Waals surface area contributed by atoms with Gasteiger partial charge in [-0.05, 0) is 18.9 Å². The molecule has 0 fully saturated rings. The lowest BCUT2D eigenvalue weighted by atomic mass is 10.1. The van der Waals surface area contributed by atoms with Gasteiger partial charge in [-0.3, -0.25) is 0 Å². The molecule has 0 aliphatic heterocycles. The van der Waals surface area contributed by atoms with E-state index in [9.17, 15) is 0 Å². The van der Waals surface area contributed by atoms with Crippen molar-refractivity contribution in [3.05, 3.63) is 35.9 Å². The van der Waals surface area contributed by atoms with Gasteiger partial charge in [0.25, 0.3) is 0 Å². The van der Waals surface area contributed by atoms with Crippen molar-refractivity contribution in [1.82, 2.24) is 0 Å². The minimum absolute atomic E-state index is 0. The van der Waals surface area contributed by atoms with Crippen LogP contribution in [0, 0.1) is 0 Å². The van der Waals surface area contributed by atoms with Gasteiger partial charge in [-0.25, -0.2) is 0 Å². The Labute approximate surface area is 85.0 Å². The summed E-state index contributed by atoms with van der Waals surface area (Å²) in [6, 6.07) is 10.6. The molecule has 0 heterocycles. The van der Waals surface area contributed by atoms with Crippen LogP contribution in [0.15, 0.2) is 30.3 Å². The minimum Gasteiger partial charge on any atom is -0.328 e. The number of nitrogens with two attached hydrogens (primary N) is 1. The van der Waals surface area contributed by atoms with Crippen molar-refractivity contribution < 1.29 is 0 Å². The molecular formula is C9H14IN. The molecule has 0 saturated carbocycles. The molecule has 0 bridgehead atoms. The summed E-state index contributed by atoms with van der Waals surface area (Å²) in [7, 11) is 0. The minimum atomic E-state index is 0. The summed E-state index contributed by atoms with van der Waals surface area (Å²) in [5.41, 5.74) is 6.94. The maximum Gasteiger partial charge on any atom is 0.00509 e. The summed E-state index contributed by atoms with van der Waals surface area (Å²) in [4.78, 5) is 0. The molecule has 0 amide bonds. The van der Waals surface area contributed by atoms with Crippen molar-refractivity contribution >= 4 is 24.0 Å². The van der Waals surface area contributed by atoms with E-state index >= 15 is 0 Å². The summed E-state index contributed by atoms with van der Waals surface area (Å²) in [6.45, 7) is 2.02. The highest BCUT2D eigenvalue weighted by Crippen LogP contribution is 2.00. The first-order valence-electron chi connectivity index (χ1n) is 3.58. The third-order valence-electron chi connectivity index (χ3n) is 1.40. The van der Waals surface area contributed by atoms with E-state index in [0.29, 0.717) is 0 Å². The van der Waals surface area contributed by atoms with Gasteiger partial charge in [-0.15, -0.1) is 24.0 Å². The highest BCUT2D eigenvalue weighted by Gasteiger charge is 1.94. The van der Waals surface area contributed by atoms with E-state index in [0.717, 1.165) is 6.42 Å². The lowest BCUT2D eigenvalue weighted by Gasteiger charge is -2.02. The lowest BCUT2D eigenvalue weighted by molar-refractivity contribution is 0.738. The molecule has 0 aliphatic rings. The Hall–Kier alpha value is -0.0900. The highest BCUT2D eigenvalue weighted by atomic mass is 127. The fourth-order valence-electron chi connectivity index (χ4n) is 0.986. The van der Waals surface area contributed by atoms with Gasteiger partial charge in [-0.2, -0.15) is 0 Å². The molecular weight excluding hydrogens is 249 g/mol. The Balaban J connectivity index is 0.000001000. The molecule has 2 N–H and O–H groups in total. The van der Waals surface area contributed by atoms with Crippen molar-refractivity contribution in [3.63, 3.8) is 0 Å². The summed E-state index contributed by atoms with van der Waals surface area (Å²) >= 11 is 0. The average Bonchev–Trinajstić information content (AvgIpc) is 1.88. The van der Waals surface area contributed by atoms with E-state index in [2.05, 4.69) is 12.1 Å². The fraction of sp³-hybridized carbons (Fsp3) is 0.333. The molecule has 1 unspecified atom stereocenters. The van der Waals surface area contributed by atoms with Crippen LogP contribution in [0.25, 0.3) is 0 Å². The first-order chi connectivity index (χ1) is 4.79. The molecule has 2 heteroatoms. The second-order valence-electron chi connectivity index (χ2n) is 2.67. The van der Waals surface area contributed by atoms with E-state index in [-0.39, 0.29) is 30.0 Å². The Kier molecular flexibility index (Phi) is 5.50. The molecule has 1 rings (SSSR count). The number of hydrogen-bond donors (Lipinski definition) is 1. The molecule has 1 nitrogen and oxygen atoms in total. The number of rotatable bonds is 2. The van der Waals surface area contributed by atoms with Crippen LogP contribution >= 0.6 is 24.0 Å². The Morgan fingerprint density at radius 1 is 1.27 bits per heavy atom. The summed E-state index contributed by atoms with van der Waals surface area (Å²) in [5.74, 6) is 0. The zero-order valence-corrected chi connectivity index (χ0v) is 8.99. The van der Waals surface area contributed by atoms with Crippen molar-refractivity contribution in [2.24, 2.45) is 5.73 Å². The van der Waals surface area contributed by atoms with Crippen LogP contribution in [-0.4, -0.2) is 6.04 Å². The number of benzene rings is 1. The molecule has 0 spiro atoms. The van der Waals surface area contributed by atoms with Crippen molar-refractivity contribution in [3.8, 4) is 0 Å². The van der Waals surface area contributed by atoms with E-state index in [1.807, 2.05) is 25.1 Å². The van der Waals surface area contributed by atoms with Crippen molar-refractivity contribution in [2.75, 3.05) is 0 Å². The van der Waals surface area contributed by atoms with Gasteiger partial charge in [0.15, 0.2) is 0 Å². The third kappa shape index (κ3) is 4.37. The molecule has 0 saturated heterocycles. The predicted molar refractivity (Wildman–Crippen MR) is 59.2 cm³/mol. The van der Waals surface area contributed by atoms with Gasteiger partial charge in [-0.1, -0.05) is 30.3 Å². The van der Waals surface area contributed by atoms with Gasteiger partial charge in [0, 0.05) is 6.04 Å². The topological polar surface area (TPSA) is 26.0 Å². The van der Waals surface area contributed by atoms with Crippen LogP contribution in [0.4, 0.5) is 0 Å². The van der Waals surface area contributed by atoms with Gasteiger partial charge < -0.3 is 5.73 Å². The number of hydrogen-bond acceptors (Lipinski definition) is 1. The molecule has 1 atom stereocenters. The standard InChI is InChI=1S/C9H13N.HI/c1-8(10)7-9-5-3-2-4-6-9;/h2-6,8H,7,10H2,1H3;1H. The molecule has 11 heavy (non-hydrogen) atoms. The van der Waals surface area contributed by atoms with E-state index in [1.54, 1.807) is 0 Å². The molecule has 0 aliphatic carbocycles. The zero-order valence-electron chi connectivity index (χ0n) is 6.66. The smallest absolute Gasteiger partial charge is 0.00509 e. The summed E-state index contributed by atoms with van der Waals surface area (Å²) in [6.07, 6.45) is 0.973. The van der Waals surface area contributed by atoms with Crippen molar-refractivity contribution in [2.45, 2.75) is 19.4 Å². The normalized spacial score (nSPS) is 11.8. The van der Waals surface area contributed by atoms with E-state index < -0.39 is 0 Å². The van der Waals surface area contributed by atoms with Crippen LogP contribution in [0.2, 0.25) is 0 Å². The van der Waals surface area contributed by atoms with Crippen LogP contribution in [-0.2, 0) is 6.42 Å². The SMILES string of the molecule is CC(N)Cc1ccccc1.I. The summed E-state index contributed by atoms with van der Waals surface area (Å²) < 4.78 is 0. The third-order valence-corrected chi connectivity index (χ3v) is 1.40. The van der Waals surface area contributed by atoms with Gasteiger partial charge >= 0.3 is 0 Å². The highest BCUT2D eigenvalue weighted by molar-refractivity contribution is 14.0. The quantitative estimate of drug-likeness (QED) is 0.813. The summed E-state index contributed by atoms with van der Waals surface area (Å²) in [5, 5.41) is 0. The van der Waals surface area contributed by atoms with Gasteiger partial charge in [0.1, 0.15) is 0 Å². The van der Waals surface area contributed by atoms with Crippen molar-refractivity contribution in [1.29, 1.82) is 0 Å². The lowest BCUT2D eigenvalue weighted by Crippen LogP contribution is -2.17. The molecule has 1 aromatic carbocycles. The zero-order chi connectivity index (χ0) is 7.40. The first kappa shape index (κ1) is 10.9. The monoisotopic (exact) mass is 263 g/mol. The van der Waals surface area contributed by atoms with Crippen LogP contribution < -0.4 is 5.73 Å². The maximum atomic E-state index is 5.62. The molecule has 62 valence electrons. The largest absolute Gasteiger partial charge is 0.328 e.